The van der Waals surface area contributed by atoms with Crippen molar-refractivity contribution in [1.82, 2.24) is 5.32 Å². The number of rotatable bonds is 5. The Balaban J connectivity index is 3.62. The highest BCUT2D eigenvalue weighted by Gasteiger charge is 2.08. The maximum atomic E-state index is 10.5. The molecule has 0 fully saturated rings. The smallest absolute Gasteiger partial charge is 0.218 e. The maximum absolute atomic E-state index is 10.5. The summed E-state index contributed by atoms with van der Waals surface area (Å²) < 4.78 is 0. The van der Waals surface area contributed by atoms with E-state index in [-0.39, 0.29) is 18.0 Å². The number of hydrogen-bond donors (Lipinski definition) is 2. The van der Waals surface area contributed by atoms with Gasteiger partial charge < -0.3 is 11.1 Å². The molecule has 0 rings (SSSR count). The third kappa shape index (κ3) is 5.69. The van der Waals surface area contributed by atoms with Crippen molar-refractivity contribution < 1.29 is 4.79 Å². The van der Waals surface area contributed by atoms with Crippen LogP contribution in [0.1, 0.15) is 26.7 Å². The summed E-state index contributed by atoms with van der Waals surface area (Å²) in [6, 6.07) is 2.21. The summed E-state index contributed by atoms with van der Waals surface area (Å²) in [6.45, 7) is 3.78. The van der Waals surface area contributed by atoms with E-state index in [4.69, 9.17) is 11.0 Å². The Labute approximate surface area is 72.7 Å². The van der Waals surface area contributed by atoms with Gasteiger partial charge in [0.1, 0.15) is 0 Å². The molecular weight excluding hydrogens is 154 g/mol. The minimum atomic E-state index is -0.320. The zero-order chi connectivity index (χ0) is 9.56. The average molecular weight is 169 g/mol. The summed E-state index contributed by atoms with van der Waals surface area (Å²) in [5.41, 5.74) is 5.00. The molecule has 2 atom stereocenters. The third-order valence-electron chi connectivity index (χ3n) is 1.47. The Kier molecular flexibility index (Phi) is 5.06. The second-order valence-electron chi connectivity index (χ2n) is 3.00. The lowest BCUT2D eigenvalue weighted by atomic mass is 10.2. The fraction of sp³-hybridized carbons (Fsp3) is 0.750. The number of hydrogen-bond acceptors (Lipinski definition) is 3. The van der Waals surface area contributed by atoms with Crippen molar-refractivity contribution in [1.29, 1.82) is 5.26 Å². The highest BCUT2D eigenvalue weighted by atomic mass is 16.1. The quantitative estimate of drug-likeness (QED) is 0.614. The van der Waals surface area contributed by atoms with Crippen LogP contribution < -0.4 is 11.1 Å². The van der Waals surface area contributed by atoms with Crippen molar-refractivity contribution in [2.24, 2.45) is 5.73 Å². The molecule has 12 heavy (non-hydrogen) atoms. The van der Waals surface area contributed by atoms with Gasteiger partial charge in [-0.3, -0.25) is 4.79 Å². The van der Waals surface area contributed by atoms with Crippen molar-refractivity contribution >= 4 is 5.91 Å². The predicted molar refractivity (Wildman–Crippen MR) is 46.1 cm³/mol. The minimum absolute atomic E-state index is 0.0471. The van der Waals surface area contributed by atoms with Crippen LogP contribution in [0.25, 0.3) is 0 Å². The Bertz CT molecular complexity index is 185. The molecule has 0 aliphatic carbocycles. The van der Waals surface area contributed by atoms with Gasteiger partial charge in [0.2, 0.25) is 5.91 Å². The van der Waals surface area contributed by atoms with Crippen molar-refractivity contribution in [3.8, 4) is 6.07 Å². The normalized spacial score (nSPS) is 14.8. The van der Waals surface area contributed by atoms with E-state index in [0.717, 1.165) is 0 Å². The van der Waals surface area contributed by atoms with Crippen LogP contribution in [0.3, 0.4) is 0 Å². The van der Waals surface area contributed by atoms with Gasteiger partial charge in [0.05, 0.1) is 12.5 Å². The van der Waals surface area contributed by atoms with E-state index in [9.17, 15) is 4.79 Å². The first-order valence-corrected chi connectivity index (χ1v) is 3.97. The largest absolute Gasteiger partial charge is 0.370 e. The average Bonchev–Trinajstić information content (AvgIpc) is 1.84. The molecule has 0 aliphatic rings. The van der Waals surface area contributed by atoms with Gasteiger partial charge in [-0.1, -0.05) is 0 Å². The molecule has 0 saturated carbocycles. The van der Waals surface area contributed by atoms with Gasteiger partial charge >= 0.3 is 0 Å². The number of nitrogens with zero attached hydrogens (tertiary/aromatic N) is 1. The molecule has 0 aromatic rings. The Morgan fingerprint density at radius 3 is 2.58 bits per heavy atom. The molecule has 4 heteroatoms. The highest BCUT2D eigenvalue weighted by Crippen LogP contribution is 1.94. The number of nitriles is 1. The Morgan fingerprint density at radius 2 is 2.17 bits per heavy atom. The first-order valence-electron chi connectivity index (χ1n) is 3.97. The monoisotopic (exact) mass is 169 g/mol. The molecule has 0 radical (unpaired) electrons. The fourth-order valence-corrected chi connectivity index (χ4v) is 1.04. The predicted octanol–water partition coefficient (Wildman–Crippen LogP) is 0.142. The van der Waals surface area contributed by atoms with Crippen molar-refractivity contribution in [2.45, 2.75) is 38.8 Å². The first kappa shape index (κ1) is 10.9. The summed E-state index contributed by atoms with van der Waals surface area (Å²) in [5, 5.41) is 11.4. The molecule has 0 bridgehead atoms. The molecule has 68 valence electrons. The van der Waals surface area contributed by atoms with Crippen molar-refractivity contribution in [2.75, 3.05) is 0 Å². The Hall–Kier alpha value is -1.08. The van der Waals surface area contributed by atoms with Gasteiger partial charge in [0, 0.05) is 18.5 Å². The molecule has 1 amide bonds. The van der Waals surface area contributed by atoms with Gasteiger partial charge in [-0.25, -0.2) is 0 Å². The van der Waals surface area contributed by atoms with Gasteiger partial charge in [-0.2, -0.15) is 5.26 Å². The third-order valence-corrected chi connectivity index (χ3v) is 1.47. The zero-order valence-electron chi connectivity index (χ0n) is 7.50. The van der Waals surface area contributed by atoms with Gasteiger partial charge in [-0.15, -0.1) is 0 Å². The van der Waals surface area contributed by atoms with E-state index in [0.29, 0.717) is 12.8 Å². The molecule has 2 unspecified atom stereocenters. The van der Waals surface area contributed by atoms with Crippen LogP contribution >= 0.6 is 0 Å². The molecule has 0 heterocycles. The first-order chi connectivity index (χ1) is 5.56. The topological polar surface area (TPSA) is 78.9 Å². The van der Waals surface area contributed by atoms with E-state index in [1.807, 2.05) is 19.9 Å². The van der Waals surface area contributed by atoms with Crippen molar-refractivity contribution in [3.05, 3.63) is 0 Å². The maximum Gasteiger partial charge on any atom is 0.218 e. The van der Waals surface area contributed by atoms with Gasteiger partial charge in [-0.05, 0) is 13.8 Å². The lowest BCUT2D eigenvalue weighted by Crippen LogP contribution is -2.36. The second kappa shape index (κ2) is 5.56. The van der Waals surface area contributed by atoms with Crippen LogP contribution in [0.4, 0.5) is 0 Å². The standard InChI is InChI=1S/C8H15N3O/c1-6(3-4-9)11-7(2)5-8(10)12/h6-7,11H,3,5H2,1-2H3,(H2,10,12). The van der Waals surface area contributed by atoms with Crippen LogP contribution in [0.2, 0.25) is 0 Å². The van der Waals surface area contributed by atoms with Crippen LogP contribution in [0.5, 0.6) is 0 Å². The molecule has 0 aromatic heterocycles. The molecule has 0 aromatic carbocycles. The van der Waals surface area contributed by atoms with E-state index >= 15 is 0 Å². The molecule has 3 N–H and O–H groups in total. The number of amides is 1. The second-order valence-corrected chi connectivity index (χ2v) is 3.00. The summed E-state index contributed by atoms with van der Waals surface area (Å²) in [4.78, 5) is 10.5. The van der Waals surface area contributed by atoms with Crippen LogP contribution in [0, 0.1) is 11.3 Å². The molecule has 0 spiro atoms. The van der Waals surface area contributed by atoms with Crippen molar-refractivity contribution in [3.63, 3.8) is 0 Å². The highest BCUT2D eigenvalue weighted by molar-refractivity contribution is 5.74. The number of primary amides is 1. The summed E-state index contributed by atoms with van der Waals surface area (Å²) in [5.74, 6) is -0.320. The summed E-state index contributed by atoms with van der Waals surface area (Å²) >= 11 is 0. The number of carbonyl (C=O) groups is 1. The summed E-state index contributed by atoms with van der Waals surface area (Å²) in [7, 11) is 0. The molecular formula is C8H15N3O. The van der Waals surface area contributed by atoms with Gasteiger partial charge in [0.15, 0.2) is 0 Å². The van der Waals surface area contributed by atoms with Gasteiger partial charge in [0.25, 0.3) is 0 Å². The lowest BCUT2D eigenvalue weighted by molar-refractivity contribution is -0.118. The van der Waals surface area contributed by atoms with Crippen LogP contribution in [-0.2, 0) is 4.79 Å². The number of nitrogens with two attached hydrogens (primary N) is 1. The molecule has 0 saturated heterocycles. The zero-order valence-corrected chi connectivity index (χ0v) is 7.50. The number of nitrogens with one attached hydrogen (secondary N) is 1. The van der Waals surface area contributed by atoms with E-state index < -0.39 is 0 Å². The van der Waals surface area contributed by atoms with E-state index in [1.54, 1.807) is 0 Å². The van der Waals surface area contributed by atoms with E-state index in [2.05, 4.69) is 5.32 Å². The SMILES string of the molecule is CC(CC#N)NC(C)CC(N)=O. The lowest BCUT2D eigenvalue weighted by Gasteiger charge is -2.16. The Morgan fingerprint density at radius 1 is 1.58 bits per heavy atom. The molecule has 4 nitrogen and oxygen atoms in total. The molecule has 0 aliphatic heterocycles. The van der Waals surface area contributed by atoms with E-state index in [1.165, 1.54) is 0 Å². The van der Waals surface area contributed by atoms with Crippen LogP contribution in [0.15, 0.2) is 0 Å². The minimum Gasteiger partial charge on any atom is -0.370 e. The van der Waals surface area contributed by atoms with Crippen LogP contribution in [-0.4, -0.2) is 18.0 Å². The summed E-state index contributed by atoms with van der Waals surface area (Å²) in [6.07, 6.45) is 0.763. The number of carbonyl (C=O) groups excluding carboxylic acids is 1. The fourth-order valence-electron chi connectivity index (χ4n) is 1.04.